The molecule has 2 N–H and O–H groups in total. The van der Waals surface area contributed by atoms with E-state index in [-0.39, 0.29) is 11.9 Å². The zero-order valence-corrected chi connectivity index (χ0v) is 18.9. The zero-order chi connectivity index (χ0) is 22.3. The second-order valence-corrected chi connectivity index (χ2v) is 10.1. The number of nitrogens with one attached hydrogen (secondary N) is 1. The van der Waals surface area contributed by atoms with Crippen LogP contribution < -0.4 is 10.1 Å². The van der Waals surface area contributed by atoms with Crippen molar-refractivity contribution in [2.24, 2.45) is 16.7 Å². The summed E-state index contributed by atoms with van der Waals surface area (Å²) in [5.74, 6) is 1.45. The molecule has 7 heteroatoms. The monoisotopic (exact) mass is 431 g/mol. The molecular weight excluding hydrogens is 402 g/mol. The van der Waals surface area contributed by atoms with Crippen LogP contribution in [0.25, 0.3) is 16.9 Å². The van der Waals surface area contributed by atoms with Crippen molar-refractivity contribution in [2.75, 3.05) is 0 Å². The summed E-state index contributed by atoms with van der Waals surface area (Å²) >= 11 is 0. The SMILES string of the molecule is Cc1ccn(-c2ccc(-c3ccc(OC4CC5NC(C4)C4(C)C(C)C54C)nn3)c(O)c2)n1. The average molecular weight is 432 g/mol. The van der Waals surface area contributed by atoms with Gasteiger partial charge in [0.2, 0.25) is 5.88 Å². The maximum absolute atomic E-state index is 10.6. The first-order valence-corrected chi connectivity index (χ1v) is 11.4. The third-order valence-corrected chi connectivity index (χ3v) is 8.90. The summed E-state index contributed by atoms with van der Waals surface area (Å²) in [6.45, 7) is 9.18. The summed E-state index contributed by atoms with van der Waals surface area (Å²) in [6.07, 6.45) is 4.04. The standard InChI is InChI=1S/C25H29N5O2/c1-14-9-10-30(29-14)16-5-6-18(20(31)11-16)19-7-8-23(28-27-19)32-17-12-21-24(3)15(2)25(24,4)22(13-17)26-21/h5-11,15,17,21-22,26,31H,12-13H2,1-4H3. The Balaban J connectivity index is 1.16. The van der Waals surface area contributed by atoms with Crippen molar-refractivity contribution in [2.45, 2.75) is 58.7 Å². The van der Waals surface area contributed by atoms with Crippen molar-refractivity contribution >= 4 is 0 Å². The highest BCUT2D eigenvalue weighted by Crippen LogP contribution is 2.77. The number of fused-ring (bicyclic) bond motifs is 5. The van der Waals surface area contributed by atoms with Crippen molar-refractivity contribution < 1.29 is 9.84 Å². The lowest BCUT2D eigenvalue weighted by Gasteiger charge is -2.35. The van der Waals surface area contributed by atoms with Crippen LogP contribution in [-0.4, -0.2) is 43.3 Å². The van der Waals surface area contributed by atoms with Gasteiger partial charge < -0.3 is 15.2 Å². The molecule has 1 aliphatic carbocycles. The first kappa shape index (κ1) is 19.7. The van der Waals surface area contributed by atoms with Gasteiger partial charge in [-0.05, 0) is 47.9 Å². The van der Waals surface area contributed by atoms with E-state index >= 15 is 0 Å². The van der Waals surface area contributed by atoms with Crippen LogP contribution in [0.3, 0.4) is 0 Å². The van der Waals surface area contributed by atoms with Gasteiger partial charge in [0.1, 0.15) is 11.9 Å². The van der Waals surface area contributed by atoms with Gasteiger partial charge in [-0.1, -0.05) is 20.8 Å². The normalized spacial score (nSPS) is 34.9. The van der Waals surface area contributed by atoms with E-state index in [4.69, 9.17) is 4.74 Å². The number of nitrogens with zero attached hydrogens (tertiary/aromatic N) is 4. The summed E-state index contributed by atoms with van der Waals surface area (Å²) in [6, 6.07) is 12.1. The Hall–Kier alpha value is -2.93. The molecule has 6 rings (SSSR count). The predicted molar refractivity (Wildman–Crippen MR) is 121 cm³/mol. The Labute approximate surface area is 187 Å². The van der Waals surface area contributed by atoms with Gasteiger partial charge in [-0.25, -0.2) is 4.68 Å². The lowest BCUT2D eigenvalue weighted by Crippen LogP contribution is -2.49. The number of phenolic OH excluding ortho intramolecular Hbond substituents is 1. The summed E-state index contributed by atoms with van der Waals surface area (Å²) in [7, 11) is 0. The maximum atomic E-state index is 10.6. The molecule has 1 aromatic carbocycles. The van der Waals surface area contributed by atoms with E-state index in [0.29, 0.717) is 40.1 Å². The molecule has 2 bridgehead atoms. The largest absolute Gasteiger partial charge is 0.507 e. The van der Waals surface area contributed by atoms with Crippen molar-refractivity contribution in [3.05, 3.63) is 48.3 Å². The molecule has 4 heterocycles. The molecule has 0 amide bonds. The van der Waals surface area contributed by atoms with Crippen molar-refractivity contribution in [3.8, 4) is 28.6 Å². The number of aryl methyl sites for hydroxylation is 1. The van der Waals surface area contributed by atoms with Crippen LogP contribution in [-0.2, 0) is 0 Å². The predicted octanol–water partition coefficient (Wildman–Crippen LogP) is 3.89. The van der Waals surface area contributed by atoms with Crippen molar-refractivity contribution in [3.63, 3.8) is 0 Å². The van der Waals surface area contributed by atoms with Crippen molar-refractivity contribution in [1.82, 2.24) is 25.3 Å². The second kappa shape index (κ2) is 6.54. The Morgan fingerprint density at radius 2 is 1.81 bits per heavy atom. The van der Waals surface area contributed by atoms with Crippen LogP contribution in [0.5, 0.6) is 11.6 Å². The molecule has 166 valence electrons. The number of phenols is 1. The molecule has 32 heavy (non-hydrogen) atoms. The molecule has 3 fully saturated rings. The van der Waals surface area contributed by atoms with E-state index in [9.17, 15) is 5.11 Å². The third kappa shape index (κ3) is 2.60. The van der Waals surface area contributed by atoms with E-state index < -0.39 is 0 Å². The summed E-state index contributed by atoms with van der Waals surface area (Å²) < 4.78 is 7.98. The lowest BCUT2D eigenvalue weighted by atomic mass is 9.90. The van der Waals surface area contributed by atoms with E-state index in [1.807, 2.05) is 43.5 Å². The third-order valence-electron chi connectivity index (χ3n) is 8.90. The van der Waals surface area contributed by atoms with E-state index in [2.05, 4.69) is 41.4 Å². The fraction of sp³-hybridized carbons (Fsp3) is 0.480. The molecule has 1 saturated carbocycles. The van der Waals surface area contributed by atoms with Gasteiger partial charge in [0, 0.05) is 48.8 Å². The smallest absolute Gasteiger partial charge is 0.233 e. The second-order valence-electron chi connectivity index (χ2n) is 10.1. The first-order chi connectivity index (χ1) is 15.3. The highest BCUT2D eigenvalue weighted by Gasteiger charge is 2.79. The number of aromatic hydroxyl groups is 1. The molecule has 3 aromatic rings. The Kier molecular flexibility index (Phi) is 4.03. The maximum Gasteiger partial charge on any atom is 0.233 e. The fourth-order valence-corrected chi connectivity index (χ4v) is 6.55. The Morgan fingerprint density at radius 3 is 2.41 bits per heavy atom. The van der Waals surface area contributed by atoms with Gasteiger partial charge >= 0.3 is 0 Å². The van der Waals surface area contributed by atoms with Crippen LogP contribution in [0.2, 0.25) is 0 Å². The molecule has 0 spiro atoms. The minimum absolute atomic E-state index is 0.142. The molecule has 2 aromatic heterocycles. The summed E-state index contributed by atoms with van der Waals surface area (Å²) in [5, 5.41) is 27.4. The molecule has 2 aliphatic heterocycles. The van der Waals surface area contributed by atoms with E-state index in [0.717, 1.165) is 30.1 Å². The Morgan fingerprint density at radius 1 is 1.06 bits per heavy atom. The van der Waals surface area contributed by atoms with Gasteiger partial charge in [0.15, 0.2) is 0 Å². The molecule has 3 aliphatic rings. The highest BCUT2D eigenvalue weighted by molar-refractivity contribution is 5.68. The quantitative estimate of drug-likeness (QED) is 0.652. The number of hydrogen-bond donors (Lipinski definition) is 2. The minimum atomic E-state index is 0.142. The van der Waals surface area contributed by atoms with Crippen LogP contribution in [0.1, 0.15) is 39.3 Å². The molecule has 4 unspecified atom stereocenters. The van der Waals surface area contributed by atoms with E-state index in [1.54, 1.807) is 10.7 Å². The lowest BCUT2D eigenvalue weighted by molar-refractivity contribution is 0.103. The minimum Gasteiger partial charge on any atom is -0.507 e. The first-order valence-electron chi connectivity index (χ1n) is 11.4. The summed E-state index contributed by atoms with van der Waals surface area (Å²) in [4.78, 5) is 0. The number of piperidine rings is 2. The average Bonchev–Trinajstić information content (AvgIpc) is 3.06. The van der Waals surface area contributed by atoms with Gasteiger partial charge in [-0.2, -0.15) is 5.10 Å². The number of benzene rings is 1. The van der Waals surface area contributed by atoms with E-state index in [1.165, 1.54) is 0 Å². The van der Waals surface area contributed by atoms with Gasteiger partial charge in [0.25, 0.3) is 0 Å². The number of hydrogen-bond acceptors (Lipinski definition) is 6. The number of rotatable bonds is 4. The van der Waals surface area contributed by atoms with Crippen LogP contribution in [0.4, 0.5) is 0 Å². The fourth-order valence-electron chi connectivity index (χ4n) is 6.55. The molecule has 7 nitrogen and oxygen atoms in total. The number of ether oxygens (including phenoxy) is 1. The molecule has 2 saturated heterocycles. The van der Waals surface area contributed by atoms with Crippen LogP contribution in [0.15, 0.2) is 42.6 Å². The molecular formula is C25H29N5O2. The Bertz CT molecular complexity index is 1170. The summed E-state index contributed by atoms with van der Waals surface area (Å²) in [5.41, 5.74) is 3.72. The number of aromatic nitrogens is 4. The van der Waals surface area contributed by atoms with Gasteiger partial charge in [-0.15, -0.1) is 10.2 Å². The molecule has 0 radical (unpaired) electrons. The molecule has 4 atom stereocenters. The topological polar surface area (TPSA) is 85.1 Å². The van der Waals surface area contributed by atoms with Gasteiger partial charge in [0.05, 0.1) is 17.1 Å². The van der Waals surface area contributed by atoms with Crippen molar-refractivity contribution in [1.29, 1.82) is 0 Å². The van der Waals surface area contributed by atoms with Crippen LogP contribution in [0, 0.1) is 23.7 Å². The zero-order valence-electron chi connectivity index (χ0n) is 18.9. The highest BCUT2D eigenvalue weighted by atomic mass is 16.5. The van der Waals surface area contributed by atoms with Gasteiger partial charge in [-0.3, -0.25) is 0 Å². The van der Waals surface area contributed by atoms with Crippen LogP contribution >= 0.6 is 0 Å².